The van der Waals surface area contributed by atoms with Crippen molar-refractivity contribution in [3.8, 4) is 11.5 Å². The third-order valence-corrected chi connectivity index (χ3v) is 13.3. The zero-order valence-electron chi connectivity index (χ0n) is 43.0. The molecule has 12 N–H and O–H groups in total. The van der Waals surface area contributed by atoms with E-state index in [-0.39, 0.29) is 36.0 Å². The van der Waals surface area contributed by atoms with E-state index in [1.54, 1.807) is 0 Å². The highest BCUT2D eigenvalue weighted by Crippen LogP contribution is 2.44. The molecule has 0 fully saturated rings. The highest BCUT2D eigenvalue weighted by molar-refractivity contribution is 6.02. The molecule has 0 radical (unpaired) electrons. The van der Waals surface area contributed by atoms with Crippen LogP contribution in [0.1, 0.15) is 130 Å². The van der Waals surface area contributed by atoms with Crippen LogP contribution in [0.25, 0.3) is 0 Å². The van der Waals surface area contributed by atoms with Crippen molar-refractivity contribution in [3.05, 3.63) is 67.0 Å². The minimum atomic E-state index is -1.11. The lowest BCUT2D eigenvalue weighted by Gasteiger charge is -2.20. The highest BCUT2D eigenvalue weighted by Gasteiger charge is 2.36. The van der Waals surface area contributed by atoms with Gasteiger partial charge in [-0.1, -0.05) is 0 Å². The number of methoxy groups -OCH3 is 2. The summed E-state index contributed by atoms with van der Waals surface area (Å²) in [4.78, 5) is 60.2. The zero-order chi connectivity index (χ0) is 51.8. The second-order valence-corrected chi connectivity index (χ2v) is 19.4. The van der Waals surface area contributed by atoms with Gasteiger partial charge in [0, 0.05) is 50.1 Å². The van der Waals surface area contributed by atoms with E-state index < -0.39 is 58.9 Å². The van der Waals surface area contributed by atoms with Crippen molar-refractivity contribution in [3.63, 3.8) is 0 Å². The summed E-state index contributed by atoms with van der Waals surface area (Å²) in [6.07, 6.45) is 4.16. The first kappa shape index (κ1) is 54.1. The first-order chi connectivity index (χ1) is 32.9. The number of nitrogens with one attached hydrogen (secondary N) is 8. The van der Waals surface area contributed by atoms with Gasteiger partial charge >= 0.3 is 11.9 Å². The predicted molar refractivity (Wildman–Crippen MR) is 269 cm³/mol. The number of rotatable bonds is 20. The molecule has 2 atom stereocenters. The van der Waals surface area contributed by atoms with Crippen molar-refractivity contribution in [2.45, 2.75) is 144 Å². The van der Waals surface area contributed by atoms with Crippen LogP contribution in [0.4, 0.5) is 11.6 Å². The average Bonchev–Trinajstić information content (AvgIpc) is 3.83. The number of carbonyl (C=O) groups excluding carboxylic acids is 4. The molecule has 0 spiro atoms. The van der Waals surface area contributed by atoms with Gasteiger partial charge in [0.15, 0.2) is 34.9 Å². The number of nitrogen functional groups attached to an aromatic ring is 2. The van der Waals surface area contributed by atoms with Gasteiger partial charge in [-0.3, -0.25) is 20.4 Å². The first-order valence-electron chi connectivity index (χ1n) is 23.8. The quantitative estimate of drug-likeness (QED) is 0.0334. The van der Waals surface area contributed by atoms with E-state index in [1.165, 1.54) is 58.7 Å². The van der Waals surface area contributed by atoms with Gasteiger partial charge in [0.2, 0.25) is 0 Å². The minimum Gasteiger partial charge on any atom is -0.487 e. The van der Waals surface area contributed by atoms with Crippen LogP contribution >= 0.6 is 0 Å². The van der Waals surface area contributed by atoms with Crippen molar-refractivity contribution in [2.24, 2.45) is 0 Å². The first-order valence-corrected chi connectivity index (χ1v) is 23.8. The second-order valence-electron chi connectivity index (χ2n) is 19.4. The number of benzene rings is 2. The number of guanidine groups is 2. The van der Waals surface area contributed by atoms with Crippen molar-refractivity contribution in [1.82, 2.24) is 41.9 Å². The topological polar surface area (TPSA) is 303 Å². The van der Waals surface area contributed by atoms with Gasteiger partial charge in [-0.15, -0.1) is 0 Å². The van der Waals surface area contributed by atoms with E-state index in [0.717, 1.165) is 48.3 Å². The molecular formula is C50H74N12O8. The van der Waals surface area contributed by atoms with E-state index in [1.807, 2.05) is 0 Å². The predicted octanol–water partition coefficient (Wildman–Crippen LogP) is 3.74. The summed E-state index contributed by atoms with van der Waals surface area (Å²) in [5.41, 5.74) is 23.0. The van der Waals surface area contributed by atoms with Crippen molar-refractivity contribution < 1.29 is 38.1 Å². The van der Waals surface area contributed by atoms with Gasteiger partial charge in [-0.05, 0) is 152 Å². The van der Waals surface area contributed by atoms with Crippen molar-refractivity contribution in [1.29, 1.82) is 10.8 Å². The number of amides is 2. The molecule has 2 aliphatic rings. The molecule has 0 bridgehead atoms. The summed E-state index contributed by atoms with van der Waals surface area (Å²) in [7, 11) is 2.38. The van der Waals surface area contributed by atoms with E-state index in [2.05, 4.69) is 111 Å². The molecule has 1 aromatic heterocycles. The number of hydrogen-bond acceptors (Lipinski definition) is 14. The van der Waals surface area contributed by atoms with Gasteiger partial charge in [0.1, 0.15) is 34.8 Å². The molecule has 5 rings (SSSR count). The van der Waals surface area contributed by atoms with Gasteiger partial charge in [-0.25, -0.2) is 19.6 Å². The third-order valence-electron chi connectivity index (χ3n) is 13.3. The molecule has 2 aliphatic heterocycles. The summed E-state index contributed by atoms with van der Waals surface area (Å²) < 4.78 is 22.3. The summed E-state index contributed by atoms with van der Waals surface area (Å²) in [6, 6.07) is -2.22. The molecule has 0 saturated carbocycles. The van der Waals surface area contributed by atoms with Crippen LogP contribution in [-0.4, -0.2) is 109 Å². The van der Waals surface area contributed by atoms with Crippen LogP contribution in [-0.2, 0) is 44.7 Å². The number of nitrogens with two attached hydrogens (primary N) is 2. The fourth-order valence-electron chi connectivity index (χ4n) is 9.26. The Morgan fingerprint density at radius 1 is 0.586 bits per heavy atom. The van der Waals surface area contributed by atoms with E-state index in [0.29, 0.717) is 39.0 Å². The number of aromatic nitrogens is 2. The van der Waals surface area contributed by atoms with Crippen molar-refractivity contribution in [2.75, 3.05) is 51.9 Å². The number of esters is 2. The Hall–Kier alpha value is -6.86. The smallest absolute Gasteiger partial charge is 0.328 e. The van der Waals surface area contributed by atoms with E-state index in [9.17, 15) is 19.2 Å². The van der Waals surface area contributed by atoms with Gasteiger partial charge in [-0.2, -0.15) is 0 Å². The Morgan fingerprint density at radius 3 is 1.27 bits per heavy atom. The number of ether oxygens (including phenoxy) is 4. The maximum atomic E-state index is 13.4. The summed E-state index contributed by atoms with van der Waals surface area (Å²) >= 11 is 0. The van der Waals surface area contributed by atoms with Crippen LogP contribution < -0.4 is 52.8 Å². The summed E-state index contributed by atoms with van der Waals surface area (Å²) in [5, 5.41) is 34.1. The van der Waals surface area contributed by atoms with Crippen molar-refractivity contribution >= 4 is 47.3 Å². The Balaban J connectivity index is 1.06. The number of hydrogen-bond donors (Lipinski definition) is 10. The SMILES string of the molecule is COC(=O)C(CCCNC(=N)NCCc1c(C)c(C)c2c(c1C)CC(C)(C)O2)NC(=O)c1nc(N)c(C(=O)N[C@@H](CCCNC(=N)NCCc2c(C)c(C)c3c(c2C)CC(C)(C)O3)C(=O)OC)nc1N. The Bertz CT molecular complexity index is 2350. The van der Waals surface area contributed by atoms with E-state index in [4.69, 9.17) is 41.2 Å². The molecule has 0 aliphatic carbocycles. The molecule has 3 heterocycles. The molecular weight excluding hydrogens is 897 g/mol. The molecule has 3 aromatic rings. The van der Waals surface area contributed by atoms with Gasteiger partial charge < -0.3 is 62.3 Å². The van der Waals surface area contributed by atoms with Crippen LogP contribution in [0.15, 0.2) is 0 Å². The number of anilines is 2. The fraction of sp³-hybridized carbons (Fsp3) is 0.560. The van der Waals surface area contributed by atoms with Crippen LogP contribution in [0, 0.1) is 52.4 Å². The lowest BCUT2D eigenvalue weighted by atomic mass is 9.88. The Morgan fingerprint density at radius 2 is 0.929 bits per heavy atom. The van der Waals surface area contributed by atoms with Crippen LogP contribution in [0.3, 0.4) is 0 Å². The lowest BCUT2D eigenvalue weighted by molar-refractivity contribution is -0.143. The molecule has 382 valence electrons. The second kappa shape index (κ2) is 22.7. The average molecular weight is 971 g/mol. The normalized spacial score (nSPS) is 14.7. The number of fused-ring (bicyclic) bond motifs is 2. The molecule has 2 amide bonds. The molecule has 0 saturated heterocycles. The molecule has 20 heteroatoms. The maximum Gasteiger partial charge on any atom is 0.328 e. The van der Waals surface area contributed by atoms with E-state index >= 15 is 0 Å². The fourth-order valence-corrected chi connectivity index (χ4v) is 9.26. The van der Waals surface area contributed by atoms with Gasteiger partial charge in [0.25, 0.3) is 11.8 Å². The number of carbonyl (C=O) groups is 4. The van der Waals surface area contributed by atoms with Crippen LogP contribution in [0.5, 0.6) is 11.5 Å². The number of nitrogens with zero attached hydrogens (tertiary/aromatic N) is 2. The third kappa shape index (κ3) is 12.9. The minimum absolute atomic E-state index is 0.122. The lowest BCUT2D eigenvalue weighted by Crippen LogP contribution is -2.44. The standard InChI is InChI=1S/C50H74N12O8/c1-25-27(3)39-33(23-49(7,8)69-39)29(5)31(25)17-21-57-47(53)55-19-13-15-35(45(65)67-11)59-43(63)37-41(51)62-38(42(52)61-37)44(64)60-36(46(66)68-12)16-14-20-56-48(54)58-22-18-32-26(2)28(4)40-34(30(32)6)24-50(9,10)70-40/h35-36H,13-24H2,1-12H3,(H2,52,61)(H2,51,62)(H,59,63)(H,60,64)(H3,53,55,57)(H3,54,56,58)/t35-,36?/m0/s1. The zero-order valence-corrected chi connectivity index (χ0v) is 43.0. The van der Waals surface area contributed by atoms with Crippen LogP contribution in [0.2, 0.25) is 0 Å². The largest absolute Gasteiger partial charge is 0.487 e. The summed E-state index contributed by atoms with van der Waals surface area (Å²) in [6.45, 7) is 22.7. The van der Waals surface area contributed by atoms with Gasteiger partial charge in [0.05, 0.1) is 14.2 Å². The monoisotopic (exact) mass is 971 g/mol. The molecule has 1 unspecified atom stereocenters. The maximum absolute atomic E-state index is 13.4. The highest BCUT2D eigenvalue weighted by atomic mass is 16.5. The molecule has 70 heavy (non-hydrogen) atoms. The summed E-state index contributed by atoms with van der Waals surface area (Å²) in [5.74, 6) is -1.87. The molecule has 20 nitrogen and oxygen atoms in total. The Kier molecular flexibility index (Phi) is 17.5. The molecule has 2 aromatic carbocycles. The Labute approximate surface area is 411 Å².